The molecule has 9 heteroatoms. The summed E-state index contributed by atoms with van der Waals surface area (Å²) in [6.45, 7) is 2.42. The Hall–Kier alpha value is -5.25. The van der Waals surface area contributed by atoms with Gasteiger partial charge in [0.25, 0.3) is 5.91 Å². The van der Waals surface area contributed by atoms with Crippen LogP contribution in [-0.4, -0.2) is 55.8 Å². The molecule has 2 heterocycles. The van der Waals surface area contributed by atoms with Crippen LogP contribution in [0.5, 0.6) is 23.0 Å². The molecule has 1 aromatic heterocycles. The molecule has 0 atom stereocenters. The smallest absolute Gasteiger partial charge is 0.265 e. The van der Waals surface area contributed by atoms with E-state index in [9.17, 15) is 10.1 Å². The van der Waals surface area contributed by atoms with E-state index in [1.807, 2.05) is 41.4 Å². The molecule has 1 aliphatic rings. The fourth-order valence-electron chi connectivity index (χ4n) is 4.55. The largest absolute Gasteiger partial charge is 0.493 e. The number of fused-ring (bicyclic) bond motifs is 1. The third kappa shape index (κ3) is 5.75. The first-order valence-corrected chi connectivity index (χ1v) is 12.7. The minimum Gasteiger partial charge on any atom is -0.493 e. The normalized spacial score (nSPS) is 13.2. The molecule has 1 saturated heterocycles. The lowest BCUT2D eigenvalue weighted by Crippen LogP contribution is -2.53. The molecule has 3 aromatic carbocycles. The Morgan fingerprint density at radius 2 is 1.75 bits per heavy atom. The molecule has 9 nitrogen and oxygen atoms in total. The Balaban J connectivity index is 1.26. The Morgan fingerprint density at radius 1 is 1.02 bits per heavy atom. The lowest BCUT2D eigenvalue weighted by Gasteiger charge is -2.36. The van der Waals surface area contributed by atoms with E-state index < -0.39 is 0 Å². The zero-order valence-corrected chi connectivity index (χ0v) is 22.0. The number of para-hydroxylation sites is 1. The summed E-state index contributed by atoms with van der Waals surface area (Å²) < 4.78 is 16.9. The average Bonchev–Trinajstić information content (AvgIpc) is 3.00. The molecular weight excluding hydrogens is 506 g/mol. The number of carbonyl (C=O) groups is 1. The quantitative estimate of drug-likeness (QED) is 0.333. The monoisotopic (exact) mass is 533 g/mol. The van der Waals surface area contributed by atoms with E-state index in [1.54, 1.807) is 43.6 Å². The summed E-state index contributed by atoms with van der Waals surface area (Å²) >= 11 is 0. The highest BCUT2D eigenvalue weighted by Gasteiger charge is 2.24. The maximum Gasteiger partial charge on any atom is 0.265 e. The summed E-state index contributed by atoms with van der Waals surface area (Å²) in [5, 5.41) is 12.5. The highest BCUT2D eigenvalue weighted by Crippen LogP contribution is 2.38. The average molecular weight is 534 g/mol. The maximum absolute atomic E-state index is 12.9. The van der Waals surface area contributed by atoms with Crippen molar-refractivity contribution in [1.29, 1.82) is 5.26 Å². The van der Waals surface area contributed by atoms with E-state index in [2.05, 4.69) is 27.3 Å². The van der Waals surface area contributed by atoms with E-state index in [4.69, 9.17) is 20.6 Å². The number of carbonyl (C=O) groups excluding carboxylic acids is 1. The van der Waals surface area contributed by atoms with Crippen molar-refractivity contribution >= 4 is 22.5 Å². The molecule has 0 aliphatic carbocycles. The van der Waals surface area contributed by atoms with Gasteiger partial charge in [0, 0.05) is 49.4 Å². The number of hydrogen-bond acceptors (Lipinski definition) is 8. The van der Waals surface area contributed by atoms with E-state index in [-0.39, 0.29) is 12.5 Å². The Morgan fingerprint density at radius 3 is 2.42 bits per heavy atom. The van der Waals surface area contributed by atoms with E-state index >= 15 is 0 Å². The minimum absolute atomic E-state index is 0.101. The van der Waals surface area contributed by atoms with Crippen LogP contribution in [0.1, 0.15) is 15.9 Å². The molecule has 0 radical (unpaired) electrons. The van der Waals surface area contributed by atoms with Crippen LogP contribution >= 0.6 is 0 Å². The minimum atomic E-state index is -0.198. The van der Waals surface area contributed by atoms with Crippen LogP contribution in [0, 0.1) is 23.7 Å². The van der Waals surface area contributed by atoms with Crippen LogP contribution in [0.3, 0.4) is 0 Å². The number of terminal acetylenes is 1. The summed E-state index contributed by atoms with van der Waals surface area (Å²) in [4.78, 5) is 19.5. The summed E-state index contributed by atoms with van der Waals surface area (Å²) in [7, 11) is 1.55. The molecular formula is C31H27N5O4. The van der Waals surface area contributed by atoms with Gasteiger partial charge in [-0.1, -0.05) is 24.1 Å². The number of hydrazine groups is 1. The van der Waals surface area contributed by atoms with Crippen LogP contribution in [0.25, 0.3) is 10.9 Å². The van der Waals surface area contributed by atoms with Crippen molar-refractivity contribution in [2.45, 2.75) is 0 Å². The van der Waals surface area contributed by atoms with Crippen molar-refractivity contribution in [3.63, 3.8) is 0 Å². The van der Waals surface area contributed by atoms with Crippen molar-refractivity contribution in [3.8, 4) is 41.4 Å². The second-order valence-electron chi connectivity index (χ2n) is 9.00. The molecule has 1 N–H and O–H groups in total. The molecule has 5 rings (SSSR count). The van der Waals surface area contributed by atoms with Gasteiger partial charge in [0.15, 0.2) is 11.5 Å². The summed E-state index contributed by atoms with van der Waals surface area (Å²) in [6.07, 6.45) is 6.90. The highest BCUT2D eigenvalue weighted by molar-refractivity contribution is 5.97. The second kappa shape index (κ2) is 12.1. The highest BCUT2D eigenvalue weighted by atomic mass is 16.5. The van der Waals surface area contributed by atoms with Crippen LogP contribution < -0.4 is 24.5 Å². The zero-order valence-electron chi connectivity index (χ0n) is 22.0. The first-order chi connectivity index (χ1) is 19.6. The number of nitrogens with zero attached hydrogens (tertiary/aromatic N) is 4. The molecule has 40 heavy (non-hydrogen) atoms. The number of benzene rings is 3. The number of nitrogens with one attached hydrogen (secondary N) is 1. The molecule has 0 spiro atoms. The van der Waals surface area contributed by atoms with Crippen molar-refractivity contribution in [1.82, 2.24) is 15.4 Å². The van der Waals surface area contributed by atoms with Gasteiger partial charge in [-0.3, -0.25) is 15.2 Å². The van der Waals surface area contributed by atoms with Gasteiger partial charge in [-0.05, 0) is 42.5 Å². The number of ether oxygens (including phenoxy) is 3. The van der Waals surface area contributed by atoms with Crippen LogP contribution in [-0.2, 0) is 0 Å². The van der Waals surface area contributed by atoms with Crippen molar-refractivity contribution in [2.24, 2.45) is 0 Å². The lowest BCUT2D eigenvalue weighted by atomic mass is 10.1. The summed E-state index contributed by atoms with van der Waals surface area (Å²) in [5.74, 6) is 4.63. The number of anilines is 1. The molecule has 1 amide bonds. The Kier molecular flexibility index (Phi) is 7.96. The SMILES string of the molecule is C#CCOc1cc2ncc(C#N)c(N3CCN(NC(=O)c4ccc(Oc5ccccc5)cc4)CC3)c2cc1OC. The van der Waals surface area contributed by atoms with Crippen LogP contribution in [0.4, 0.5) is 5.69 Å². The zero-order chi connectivity index (χ0) is 27.9. The molecule has 1 aliphatic heterocycles. The fraction of sp³-hybridized carbons (Fsp3) is 0.194. The fourth-order valence-corrected chi connectivity index (χ4v) is 4.55. The standard InChI is InChI=1S/C31H27N5O4/c1-3-17-39-29-19-27-26(18-28(29)38-2)30(23(20-32)21-33-27)35-13-15-36(16-14-35)34-31(37)22-9-11-25(12-10-22)40-24-7-5-4-6-8-24/h1,4-12,18-19,21H,13-17H2,2H3,(H,34,37). The summed E-state index contributed by atoms with van der Waals surface area (Å²) in [5.41, 5.74) is 5.41. The number of aromatic nitrogens is 1. The van der Waals surface area contributed by atoms with Crippen molar-refractivity contribution < 1.29 is 19.0 Å². The second-order valence-corrected chi connectivity index (χ2v) is 9.00. The van der Waals surface area contributed by atoms with Crippen LogP contribution in [0.2, 0.25) is 0 Å². The number of methoxy groups -OCH3 is 1. The number of amides is 1. The topological polar surface area (TPSA) is 100.0 Å². The van der Waals surface area contributed by atoms with Gasteiger partial charge < -0.3 is 19.1 Å². The van der Waals surface area contributed by atoms with Gasteiger partial charge in [0.2, 0.25) is 0 Å². The van der Waals surface area contributed by atoms with Crippen LogP contribution in [0.15, 0.2) is 72.9 Å². The number of nitriles is 1. The van der Waals surface area contributed by atoms with Gasteiger partial charge in [0.1, 0.15) is 24.2 Å². The van der Waals surface area contributed by atoms with Gasteiger partial charge in [-0.25, -0.2) is 5.01 Å². The van der Waals surface area contributed by atoms with Gasteiger partial charge in [0.05, 0.1) is 23.9 Å². The molecule has 4 aromatic rings. The van der Waals surface area contributed by atoms with Crippen molar-refractivity contribution in [2.75, 3.05) is 44.8 Å². The predicted octanol–water partition coefficient (Wildman–Crippen LogP) is 4.39. The molecule has 0 saturated carbocycles. The first kappa shape index (κ1) is 26.4. The number of rotatable bonds is 8. The third-order valence-electron chi connectivity index (χ3n) is 6.51. The molecule has 0 unspecified atom stereocenters. The van der Waals surface area contributed by atoms with E-state index in [0.29, 0.717) is 60.1 Å². The Bertz CT molecular complexity index is 1590. The lowest BCUT2D eigenvalue weighted by molar-refractivity contribution is 0.0777. The number of hydrogen-bond donors (Lipinski definition) is 1. The number of piperazine rings is 1. The van der Waals surface area contributed by atoms with Gasteiger partial charge in [-0.15, -0.1) is 6.42 Å². The van der Waals surface area contributed by atoms with E-state index in [1.165, 1.54) is 0 Å². The van der Waals surface area contributed by atoms with Gasteiger partial charge >= 0.3 is 0 Å². The summed E-state index contributed by atoms with van der Waals surface area (Å²) in [6, 6.07) is 22.3. The molecule has 0 bridgehead atoms. The van der Waals surface area contributed by atoms with E-state index in [0.717, 1.165) is 16.8 Å². The maximum atomic E-state index is 12.9. The molecule has 1 fully saturated rings. The molecule has 200 valence electrons. The van der Waals surface area contributed by atoms with Gasteiger partial charge in [-0.2, -0.15) is 5.26 Å². The predicted molar refractivity (Wildman–Crippen MR) is 152 cm³/mol. The third-order valence-corrected chi connectivity index (χ3v) is 6.51. The first-order valence-electron chi connectivity index (χ1n) is 12.7. The number of pyridine rings is 1. The van der Waals surface area contributed by atoms with Crippen molar-refractivity contribution in [3.05, 3.63) is 84.1 Å². The Labute approximate surface area is 232 Å².